The van der Waals surface area contributed by atoms with Crippen LogP contribution in [0.1, 0.15) is 38.1 Å². The van der Waals surface area contributed by atoms with Crippen LogP contribution in [0.25, 0.3) is 0 Å². The maximum absolute atomic E-state index is 13.4. The zero-order chi connectivity index (χ0) is 17.5. The van der Waals surface area contributed by atoms with Crippen LogP contribution in [-0.2, 0) is 6.54 Å². The summed E-state index contributed by atoms with van der Waals surface area (Å²) in [6, 6.07) is 7.31. The Labute approximate surface area is 140 Å². The summed E-state index contributed by atoms with van der Waals surface area (Å²) in [5.41, 5.74) is 0.846. The van der Waals surface area contributed by atoms with Crippen LogP contribution in [0.3, 0.4) is 0 Å². The molecule has 24 heavy (non-hydrogen) atoms. The largest absolute Gasteiger partial charge is 0.488 e. The Balaban J connectivity index is 1.72. The van der Waals surface area contributed by atoms with Crippen LogP contribution in [0.4, 0.5) is 9.18 Å². The molecule has 0 bridgehead atoms. The summed E-state index contributed by atoms with van der Waals surface area (Å²) >= 11 is 0. The molecular weight excluding hydrogens is 313 g/mol. The van der Waals surface area contributed by atoms with Crippen LogP contribution in [0.15, 0.2) is 34.9 Å². The molecule has 0 radical (unpaired) electrons. The molecule has 2 aromatic rings. The molecule has 1 heterocycles. The summed E-state index contributed by atoms with van der Waals surface area (Å²) < 4.78 is 23.9. The fourth-order valence-electron chi connectivity index (χ4n) is 1.94. The molecule has 1 atom stereocenters. The van der Waals surface area contributed by atoms with E-state index < -0.39 is 5.82 Å². The highest BCUT2D eigenvalue weighted by Gasteiger charge is 2.11. The summed E-state index contributed by atoms with van der Waals surface area (Å²) in [6.07, 6.45) is 0. The van der Waals surface area contributed by atoms with Gasteiger partial charge in [0.15, 0.2) is 17.3 Å². The second-order valence-corrected chi connectivity index (χ2v) is 5.84. The number of carbonyl (C=O) groups is 1. The van der Waals surface area contributed by atoms with Gasteiger partial charge in [-0.2, -0.15) is 0 Å². The van der Waals surface area contributed by atoms with Crippen molar-refractivity contribution in [3.05, 3.63) is 47.6 Å². The minimum Gasteiger partial charge on any atom is -0.488 e. The zero-order valence-electron chi connectivity index (χ0n) is 14.0. The smallest absolute Gasteiger partial charge is 0.315 e. The molecule has 6 nitrogen and oxygen atoms in total. The second-order valence-electron chi connectivity index (χ2n) is 5.84. The number of hydrogen-bond donors (Lipinski definition) is 2. The quantitative estimate of drug-likeness (QED) is 0.815. The molecule has 0 aliphatic rings. The lowest BCUT2D eigenvalue weighted by Gasteiger charge is -2.15. The molecule has 0 saturated heterocycles. The summed E-state index contributed by atoms with van der Waals surface area (Å²) in [6.45, 7) is 6.20. The SMILES string of the molecule is CC(C)c1cc(CNC(=O)N[C@@H](C)COc2ccccc2F)on1. The summed E-state index contributed by atoms with van der Waals surface area (Å²) in [5.74, 6) is 0.589. The number of amides is 2. The first kappa shape index (κ1) is 17.8. The van der Waals surface area contributed by atoms with E-state index in [1.807, 2.05) is 19.9 Å². The average molecular weight is 335 g/mol. The van der Waals surface area contributed by atoms with Crippen molar-refractivity contribution < 1.29 is 18.4 Å². The van der Waals surface area contributed by atoms with Crippen LogP contribution in [0, 0.1) is 5.82 Å². The molecule has 0 unspecified atom stereocenters. The summed E-state index contributed by atoms with van der Waals surface area (Å²) in [4.78, 5) is 11.8. The Hall–Kier alpha value is -2.57. The van der Waals surface area contributed by atoms with Crippen molar-refractivity contribution in [3.63, 3.8) is 0 Å². The number of urea groups is 1. The highest BCUT2D eigenvalue weighted by molar-refractivity contribution is 5.74. The van der Waals surface area contributed by atoms with Gasteiger partial charge in [-0.05, 0) is 25.0 Å². The van der Waals surface area contributed by atoms with Crippen molar-refractivity contribution >= 4 is 6.03 Å². The highest BCUT2D eigenvalue weighted by Crippen LogP contribution is 2.15. The van der Waals surface area contributed by atoms with Crippen molar-refractivity contribution in [2.75, 3.05) is 6.61 Å². The standard InChI is InChI=1S/C17H22FN3O3/c1-11(2)15-8-13(24-21-15)9-19-17(22)20-12(3)10-23-16-7-5-4-6-14(16)18/h4-8,11-12H,9-10H2,1-3H3,(H2,19,20,22)/t12-/m0/s1. The van der Waals surface area contributed by atoms with E-state index >= 15 is 0 Å². The molecular formula is C17H22FN3O3. The third-order valence-electron chi connectivity index (χ3n) is 3.29. The van der Waals surface area contributed by atoms with Crippen molar-refractivity contribution in [2.24, 2.45) is 0 Å². The van der Waals surface area contributed by atoms with Crippen LogP contribution in [-0.4, -0.2) is 23.8 Å². The van der Waals surface area contributed by atoms with Crippen molar-refractivity contribution in [3.8, 4) is 5.75 Å². The van der Waals surface area contributed by atoms with Gasteiger partial charge < -0.3 is 19.9 Å². The Kier molecular flexibility index (Phi) is 6.17. The third kappa shape index (κ3) is 5.26. The van der Waals surface area contributed by atoms with Crippen LogP contribution < -0.4 is 15.4 Å². The van der Waals surface area contributed by atoms with Crippen LogP contribution in [0.2, 0.25) is 0 Å². The molecule has 1 aromatic heterocycles. The molecule has 0 spiro atoms. The van der Waals surface area contributed by atoms with Crippen LogP contribution >= 0.6 is 0 Å². The minimum absolute atomic E-state index is 0.161. The maximum atomic E-state index is 13.4. The first-order valence-electron chi connectivity index (χ1n) is 7.83. The van der Waals surface area contributed by atoms with E-state index in [0.29, 0.717) is 5.76 Å². The van der Waals surface area contributed by atoms with E-state index in [4.69, 9.17) is 9.26 Å². The number of nitrogens with one attached hydrogen (secondary N) is 2. The van der Waals surface area contributed by atoms with Gasteiger partial charge in [-0.15, -0.1) is 0 Å². The van der Waals surface area contributed by atoms with Gasteiger partial charge in [0.2, 0.25) is 0 Å². The lowest BCUT2D eigenvalue weighted by molar-refractivity contribution is 0.223. The molecule has 0 saturated carbocycles. The lowest BCUT2D eigenvalue weighted by Crippen LogP contribution is -2.43. The van der Waals surface area contributed by atoms with E-state index in [2.05, 4.69) is 15.8 Å². The molecule has 2 rings (SSSR count). The molecule has 0 fully saturated rings. The average Bonchev–Trinajstić information content (AvgIpc) is 3.01. The van der Waals surface area contributed by atoms with Gasteiger partial charge in [0, 0.05) is 6.07 Å². The Bertz CT molecular complexity index is 673. The fraction of sp³-hybridized carbons (Fsp3) is 0.412. The molecule has 2 N–H and O–H groups in total. The summed E-state index contributed by atoms with van der Waals surface area (Å²) in [5, 5.41) is 9.31. The number of ether oxygens (including phenoxy) is 1. The van der Waals surface area contributed by atoms with Gasteiger partial charge in [-0.3, -0.25) is 0 Å². The number of para-hydroxylation sites is 1. The minimum atomic E-state index is -0.430. The predicted molar refractivity (Wildman–Crippen MR) is 87.3 cm³/mol. The number of hydrogen-bond acceptors (Lipinski definition) is 4. The normalized spacial score (nSPS) is 12.0. The molecule has 1 aromatic carbocycles. The van der Waals surface area contributed by atoms with Gasteiger partial charge in [-0.1, -0.05) is 31.1 Å². The number of rotatable bonds is 7. The summed E-state index contributed by atoms with van der Waals surface area (Å²) in [7, 11) is 0. The van der Waals surface area contributed by atoms with Crippen molar-refractivity contribution in [2.45, 2.75) is 39.3 Å². The molecule has 0 aliphatic heterocycles. The van der Waals surface area contributed by atoms with E-state index in [0.717, 1.165) is 5.69 Å². The first-order valence-corrected chi connectivity index (χ1v) is 7.83. The van der Waals surface area contributed by atoms with Gasteiger partial charge in [0.05, 0.1) is 18.3 Å². The molecule has 2 amide bonds. The number of benzene rings is 1. The lowest BCUT2D eigenvalue weighted by atomic mass is 10.1. The zero-order valence-corrected chi connectivity index (χ0v) is 14.0. The first-order chi connectivity index (χ1) is 11.5. The number of halogens is 1. The van der Waals surface area contributed by atoms with Crippen LogP contribution in [0.5, 0.6) is 5.75 Å². The van der Waals surface area contributed by atoms with Gasteiger partial charge in [-0.25, -0.2) is 9.18 Å². The van der Waals surface area contributed by atoms with E-state index in [-0.39, 0.29) is 36.9 Å². The van der Waals surface area contributed by atoms with Gasteiger partial charge in [0.1, 0.15) is 6.61 Å². The second kappa shape index (κ2) is 8.33. The Morgan fingerprint density at radius 3 is 2.75 bits per heavy atom. The van der Waals surface area contributed by atoms with E-state index in [1.54, 1.807) is 25.1 Å². The molecule has 7 heteroatoms. The van der Waals surface area contributed by atoms with Crippen molar-refractivity contribution in [1.82, 2.24) is 15.8 Å². The van der Waals surface area contributed by atoms with Gasteiger partial charge >= 0.3 is 6.03 Å². The number of carbonyl (C=O) groups excluding carboxylic acids is 1. The van der Waals surface area contributed by atoms with Gasteiger partial charge in [0.25, 0.3) is 0 Å². The molecule has 0 aliphatic carbocycles. The Morgan fingerprint density at radius 1 is 1.33 bits per heavy atom. The number of nitrogens with zero attached hydrogens (tertiary/aromatic N) is 1. The fourth-order valence-corrected chi connectivity index (χ4v) is 1.94. The monoisotopic (exact) mass is 335 g/mol. The Morgan fingerprint density at radius 2 is 2.08 bits per heavy atom. The predicted octanol–water partition coefficient (Wildman–Crippen LogP) is 3.20. The molecule has 130 valence electrons. The van der Waals surface area contributed by atoms with E-state index in [1.165, 1.54) is 6.07 Å². The van der Waals surface area contributed by atoms with E-state index in [9.17, 15) is 9.18 Å². The highest BCUT2D eigenvalue weighted by atomic mass is 19.1. The maximum Gasteiger partial charge on any atom is 0.315 e. The topological polar surface area (TPSA) is 76.4 Å². The van der Waals surface area contributed by atoms with Crippen molar-refractivity contribution in [1.29, 1.82) is 0 Å². The number of aromatic nitrogens is 1. The third-order valence-corrected chi connectivity index (χ3v) is 3.29.